The number of nitrogens with zero attached hydrogens (tertiary/aromatic N) is 2. The van der Waals surface area contributed by atoms with Gasteiger partial charge < -0.3 is 27.0 Å². The highest BCUT2D eigenvalue weighted by molar-refractivity contribution is 6.05. The Kier molecular flexibility index (Phi) is 5.99. The number of hydrogen-bond donors (Lipinski definition) is 4. The molecule has 4 amide bonds. The minimum Gasteiger partial charge on any atom is -0.366 e. The predicted octanol–water partition coefficient (Wildman–Crippen LogP) is 1.17. The van der Waals surface area contributed by atoms with Gasteiger partial charge in [0.1, 0.15) is 5.82 Å². The number of nitrogens with one attached hydrogen (secondary N) is 2. The van der Waals surface area contributed by atoms with Gasteiger partial charge in [0.25, 0.3) is 11.8 Å². The molecule has 10 heteroatoms. The Labute approximate surface area is 190 Å². The first-order valence-corrected chi connectivity index (χ1v) is 10.8. The van der Waals surface area contributed by atoms with Crippen LogP contribution in [0.3, 0.4) is 0 Å². The van der Waals surface area contributed by atoms with Crippen molar-refractivity contribution in [1.82, 2.24) is 10.3 Å². The summed E-state index contributed by atoms with van der Waals surface area (Å²) in [6, 6.07) is 8.36. The van der Waals surface area contributed by atoms with Crippen LogP contribution in [0, 0.1) is 0 Å². The highest BCUT2D eigenvalue weighted by Crippen LogP contribution is 2.38. The zero-order valence-corrected chi connectivity index (χ0v) is 18.2. The fourth-order valence-electron chi connectivity index (χ4n) is 4.82. The second kappa shape index (κ2) is 8.89. The number of nitrogens with two attached hydrogens (primary N) is 2. The number of anilines is 2. The maximum atomic E-state index is 12.9. The zero-order chi connectivity index (χ0) is 23.7. The molecule has 1 aromatic heterocycles. The lowest BCUT2D eigenvalue weighted by atomic mass is 9.96. The number of hydrogen-bond acceptors (Lipinski definition) is 6. The van der Waals surface area contributed by atoms with Gasteiger partial charge in [0.15, 0.2) is 0 Å². The van der Waals surface area contributed by atoms with E-state index in [1.807, 2.05) is 6.07 Å². The monoisotopic (exact) mass is 450 g/mol. The van der Waals surface area contributed by atoms with Crippen LogP contribution in [-0.2, 0) is 4.79 Å². The van der Waals surface area contributed by atoms with Crippen molar-refractivity contribution in [1.29, 1.82) is 0 Å². The quantitative estimate of drug-likeness (QED) is 0.517. The second-order valence-electron chi connectivity index (χ2n) is 8.51. The van der Waals surface area contributed by atoms with E-state index in [1.165, 1.54) is 31.3 Å². The zero-order valence-electron chi connectivity index (χ0n) is 18.2. The summed E-state index contributed by atoms with van der Waals surface area (Å²) in [6.07, 6.45) is 5.01. The smallest absolute Gasteiger partial charge is 0.251 e. The molecule has 0 radical (unpaired) electrons. The highest BCUT2D eigenvalue weighted by Gasteiger charge is 2.41. The van der Waals surface area contributed by atoms with Crippen molar-refractivity contribution < 1.29 is 19.2 Å². The number of piperidine rings is 1. The summed E-state index contributed by atoms with van der Waals surface area (Å²) in [5.74, 6) is -1.04. The van der Waals surface area contributed by atoms with Gasteiger partial charge in [0.2, 0.25) is 11.8 Å². The van der Waals surface area contributed by atoms with Crippen LogP contribution >= 0.6 is 0 Å². The Morgan fingerprint density at radius 2 is 1.64 bits per heavy atom. The summed E-state index contributed by atoms with van der Waals surface area (Å²) >= 11 is 0. The van der Waals surface area contributed by atoms with E-state index in [2.05, 4.69) is 20.5 Å². The molecular weight excluding hydrogens is 424 g/mol. The predicted molar refractivity (Wildman–Crippen MR) is 122 cm³/mol. The molecule has 172 valence electrons. The molecule has 3 atom stereocenters. The van der Waals surface area contributed by atoms with Crippen molar-refractivity contribution in [2.75, 3.05) is 10.2 Å². The van der Waals surface area contributed by atoms with Crippen LogP contribution in [0.15, 0.2) is 36.5 Å². The summed E-state index contributed by atoms with van der Waals surface area (Å²) < 4.78 is 0. The molecule has 10 nitrogen and oxygen atoms in total. The SMILES string of the molecule is CC(=O)Nc1cc(C(=O)N[C@H]2C[C@H]3CC[C@@H](C2)N3c2ccc(C(N)=O)cn2)ccc1C(N)=O. The Balaban J connectivity index is 1.45. The molecule has 0 spiro atoms. The van der Waals surface area contributed by atoms with Crippen LogP contribution in [0.25, 0.3) is 0 Å². The Morgan fingerprint density at radius 1 is 0.970 bits per heavy atom. The minimum atomic E-state index is -0.688. The first kappa shape index (κ1) is 22.3. The molecule has 2 saturated heterocycles. The third-order valence-electron chi connectivity index (χ3n) is 6.22. The van der Waals surface area contributed by atoms with Crippen LogP contribution in [-0.4, -0.2) is 46.7 Å². The lowest BCUT2D eigenvalue weighted by molar-refractivity contribution is -0.114. The molecule has 4 rings (SSSR count). The molecule has 33 heavy (non-hydrogen) atoms. The van der Waals surface area contributed by atoms with Gasteiger partial charge in [-0.2, -0.15) is 0 Å². The fourth-order valence-corrected chi connectivity index (χ4v) is 4.82. The molecule has 3 heterocycles. The molecule has 2 fully saturated rings. The number of pyridine rings is 1. The number of carbonyl (C=O) groups excluding carboxylic acids is 4. The third-order valence-corrected chi connectivity index (χ3v) is 6.22. The fraction of sp³-hybridized carbons (Fsp3) is 0.348. The van der Waals surface area contributed by atoms with E-state index in [9.17, 15) is 19.2 Å². The van der Waals surface area contributed by atoms with Crippen LogP contribution in [0.5, 0.6) is 0 Å². The molecule has 1 aromatic carbocycles. The van der Waals surface area contributed by atoms with E-state index in [1.54, 1.807) is 6.07 Å². The number of aromatic nitrogens is 1. The number of primary amides is 2. The van der Waals surface area contributed by atoms with Crippen molar-refractivity contribution in [2.45, 2.75) is 50.7 Å². The first-order valence-electron chi connectivity index (χ1n) is 10.8. The lowest BCUT2D eigenvalue weighted by Gasteiger charge is -2.40. The van der Waals surface area contributed by atoms with Crippen LogP contribution < -0.4 is 27.0 Å². The van der Waals surface area contributed by atoms with Gasteiger partial charge >= 0.3 is 0 Å². The van der Waals surface area contributed by atoms with Crippen molar-refractivity contribution >= 4 is 35.1 Å². The van der Waals surface area contributed by atoms with Gasteiger partial charge in [0.05, 0.1) is 16.8 Å². The molecule has 2 aromatic rings. The van der Waals surface area contributed by atoms with E-state index in [0.29, 0.717) is 11.1 Å². The average Bonchev–Trinajstić information content (AvgIpc) is 3.03. The van der Waals surface area contributed by atoms with Gasteiger partial charge in [-0.15, -0.1) is 0 Å². The van der Waals surface area contributed by atoms with Crippen LogP contribution in [0.4, 0.5) is 11.5 Å². The van der Waals surface area contributed by atoms with Gasteiger partial charge in [0, 0.05) is 36.8 Å². The summed E-state index contributed by atoms with van der Waals surface area (Å²) in [4.78, 5) is 54.0. The molecule has 2 bridgehead atoms. The van der Waals surface area contributed by atoms with Gasteiger partial charge in [-0.05, 0) is 56.0 Å². The Bertz CT molecular complexity index is 1100. The number of rotatable bonds is 6. The maximum absolute atomic E-state index is 12.9. The summed E-state index contributed by atoms with van der Waals surface area (Å²) in [5.41, 5.74) is 11.7. The highest BCUT2D eigenvalue weighted by atomic mass is 16.2. The van der Waals surface area contributed by atoms with E-state index in [4.69, 9.17) is 11.5 Å². The average molecular weight is 450 g/mol. The molecule has 2 aliphatic heterocycles. The largest absolute Gasteiger partial charge is 0.366 e. The summed E-state index contributed by atoms with van der Waals surface area (Å²) in [7, 11) is 0. The van der Waals surface area contributed by atoms with Gasteiger partial charge in [-0.25, -0.2) is 4.98 Å². The molecule has 0 saturated carbocycles. The van der Waals surface area contributed by atoms with Crippen LogP contribution in [0.2, 0.25) is 0 Å². The van der Waals surface area contributed by atoms with Gasteiger partial charge in [-0.3, -0.25) is 19.2 Å². The van der Waals surface area contributed by atoms with E-state index in [-0.39, 0.29) is 41.2 Å². The molecule has 2 aliphatic rings. The van der Waals surface area contributed by atoms with Crippen molar-refractivity contribution in [3.05, 3.63) is 53.2 Å². The second-order valence-corrected chi connectivity index (χ2v) is 8.51. The molecule has 0 aliphatic carbocycles. The van der Waals surface area contributed by atoms with E-state index in [0.717, 1.165) is 31.5 Å². The number of carbonyl (C=O) groups is 4. The number of benzene rings is 1. The van der Waals surface area contributed by atoms with Crippen molar-refractivity contribution in [3.8, 4) is 0 Å². The number of fused-ring (bicyclic) bond motifs is 2. The van der Waals surface area contributed by atoms with Crippen molar-refractivity contribution in [2.24, 2.45) is 11.5 Å². The Morgan fingerprint density at radius 3 is 2.18 bits per heavy atom. The van der Waals surface area contributed by atoms with Crippen molar-refractivity contribution in [3.63, 3.8) is 0 Å². The number of amides is 4. The molecule has 6 N–H and O–H groups in total. The minimum absolute atomic E-state index is 0.0174. The topological polar surface area (TPSA) is 161 Å². The molecular formula is C23H26N6O4. The normalized spacial score (nSPS) is 21.4. The van der Waals surface area contributed by atoms with Crippen LogP contribution in [0.1, 0.15) is 63.7 Å². The van der Waals surface area contributed by atoms with Gasteiger partial charge in [-0.1, -0.05) is 0 Å². The first-order chi connectivity index (χ1) is 15.7. The van der Waals surface area contributed by atoms with E-state index >= 15 is 0 Å². The molecule has 0 unspecified atom stereocenters. The lowest BCUT2D eigenvalue weighted by Crippen LogP contribution is -2.50. The Hall–Kier alpha value is -3.95. The maximum Gasteiger partial charge on any atom is 0.251 e. The third kappa shape index (κ3) is 4.64. The van der Waals surface area contributed by atoms with E-state index < -0.39 is 11.8 Å². The summed E-state index contributed by atoms with van der Waals surface area (Å²) in [5, 5.41) is 5.64. The standard InChI is InChI=1S/C23H26N6O4/c1-12(30)27-19-8-13(2-6-18(19)22(25)32)23(33)28-15-9-16-4-5-17(10-15)29(16)20-7-3-14(11-26-20)21(24)31/h2-3,6-8,11,15-17H,4-5,9-10H2,1H3,(H2,24,31)(H2,25,32)(H,27,30)(H,28,33)/t15-,16+,17-. The summed E-state index contributed by atoms with van der Waals surface area (Å²) in [6.45, 7) is 1.32.